The highest BCUT2D eigenvalue weighted by atomic mass is 32.1. The first kappa shape index (κ1) is 13.2. The predicted octanol–water partition coefficient (Wildman–Crippen LogP) is 0.892. The van der Waals surface area contributed by atoms with Crippen LogP contribution in [0, 0.1) is 0 Å². The molecule has 5 N–H and O–H groups in total. The standard InChI is InChI=1S/C11H14N2O3S/c1-11(2,10(12)17)13-9(16)7-5-6(14)3-4-8(7)15/h3-5,14-15H,1-2H3,(H2,12,17)(H,13,16). The number of amides is 1. The fraction of sp³-hybridized carbons (Fsp3) is 0.273. The van der Waals surface area contributed by atoms with E-state index in [1.165, 1.54) is 18.2 Å². The van der Waals surface area contributed by atoms with Crippen molar-refractivity contribution in [2.24, 2.45) is 5.73 Å². The Bertz CT molecular complexity index is 472. The third kappa shape index (κ3) is 3.07. The van der Waals surface area contributed by atoms with Crippen LogP contribution in [0.4, 0.5) is 0 Å². The summed E-state index contributed by atoms with van der Waals surface area (Å²) in [4.78, 5) is 12.0. The SMILES string of the molecule is CC(C)(NC(=O)c1cc(O)ccc1O)C(N)=S. The summed E-state index contributed by atoms with van der Waals surface area (Å²) in [5, 5.41) is 21.3. The van der Waals surface area contributed by atoms with Gasteiger partial charge in [-0.05, 0) is 32.0 Å². The van der Waals surface area contributed by atoms with Crippen LogP contribution in [0.25, 0.3) is 0 Å². The molecule has 0 saturated heterocycles. The van der Waals surface area contributed by atoms with Crippen molar-refractivity contribution < 1.29 is 15.0 Å². The maximum Gasteiger partial charge on any atom is 0.255 e. The van der Waals surface area contributed by atoms with Crippen LogP contribution in [-0.2, 0) is 0 Å². The van der Waals surface area contributed by atoms with Gasteiger partial charge in [0.25, 0.3) is 5.91 Å². The molecule has 1 aromatic carbocycles. The molecule has 5 nitrogen and oxygen atoms in total. The number of phenolic OH excluding ortho intramolecular Hbond substituents is 2. The molecule has 6 heteroatoms. The van der Waals surface area contributed by atoms with E-state index in [0.717, 1.165) is 0 Å². The van der Waals surface area contributed by atoms with Crippen LogP contribution in [0.1, 0.15) is 24.2 Å². The lowest BCUT2D eigenvalue weighted by Gasteiger charge is -2.24. The van der Waals surface area contributed by atoms with Gasteiger partial charge in [-0.25, -0.2) is 0 Å². The van der Waals surface area contributed by atoms with Gasteiger partial charge in [-0.1, -0.05) is 12.2 Å². The van der Waals surface area contributed by atoms with Crippen molar-refractivity contribution >= 4 is 23.1 Å². The Hall–Kier alpha value is -1.82. The van der Waals surface area contributed by atoms with E-state index in [4.69, 9.17) is 18.0 Å². The maximum atomic E-state index is 11.8. The highest BCUT2D eigenvalue weighted by molar-refractivity contribution is 7.80. The van der Waals surface area contributed by atoms with Crippen molar-refractivity contribution in [2.45, 2.75) is 19.4 Å². The van der Waals surface area contributed by atoms with E-state index >= 15 is 0 Å². The molecule has 0 atom stereocenters. The average Bonchev–Trinajstić information content (AvgIpc) is 2.20. The smallest absolute Gasteiger partial charge is 0.255 e. The number of nitrogens with one attached hydrogen (secondary N) is 1. The number of phenols is 2. The molecule has 0 saturated carbocycles. The van der Waals surface area contributed by atoms with Crippen LogP contribution in [0.5, 0.6) is 11.5 Å². The number of rotatable bonds is 3. The van der Waals surface area contributed by atoms with Crippen LogP contribution in [0.3, 0.4) is 0 Å². The number of benzene rings is 1. The number of aromatic hydroxyl groups is 2. The van der Waals surface area contributed by atoms with Crippen LogP contribution in [-0.4, -0.2) is 26.6 Å². The van der Waals surface area contributed by atoms with Crippen molar-refractivity contribution in [3.8, 4) is 11.5 Å². The highest BCUT2D eigenvalue weighted by Gasteiger charge is 2.25. The molecule has 0 bridgehead atoms. The summed E-state index contributed by atoms with van der Waals surface area (Å²) in [7, 11) is 0. The summed E-state index contributed by atoms with van der Waals surface area (Å²) in [6.07, 6.45) is 0. The molecule has 0 fully saturated rings. The van der Waals surface area contributed by atoms with Gasteiger partial charge in [0, 0.05) is 0 Å². The minimum absolute atomic E-state index is 0.0330. The van der Waals surface area contributed by atoms with Gasteiger partial charge in [-0.2, -0.15) is 0 Å². The lowest BCUT2D eigenvalue weighted by molar-refractivity contribution is 0.0929. The molecule has 0 heterocycles. The Labute approximate surface area is 104 Å². The van der Waals surface area contributed by atoms with Crippen LogP contribution in [0.2, 0.25) is 0 Å². The van der Waals surface area contributed by atoms with E-state index in [1.807, 2.05) is 0 Å². The topological polar surface area (TPSA) is 95.6 Å². The number of thiocarbonyl (C=S) groups is 1. The molecule has 0 aliphatic heterocycles. The van der Waals surface area contributed by atoms with Gasteiger partial charge in [-0.15, -0.1) is 0 Å². The minimum atomic E-state index is -0.871. The second kappa shape index (κ2) is 4.58. The van der Waals surface area contributed by atoms with Gasteiger partial charge < -0.3 is 21.3 Å². The molecule has 0 aliphatic rings. The average molecular weight is 254 g/mol. The maximum absolute atomic E-state index is 11.8. The van der Waals surface area contributed by atoms with Gasteiger partial charge in [0.2, 0.25) is 0 Å². The zero-order valence-corrected chi connectivity index (χ0v) is 10.3. The van der Waals surface area contributed by atoms with Gasteiger partial charge in [0.1, 0.15) is 11.5 Å². The molecule has 0 spiro atoms. The molecule has 1 amide bonds. The molecule has 92 valence electrons. The summed E-state index contributed by atoms with van der Waals surface area (Å²) >= 11 is 4.81. The second-order valence-corrected chi connectivity index (χ2v) is 4.58. The number of hydrogen-bond acceptors (Lipinski definition) is 4. The van der Waals surface area contributed by atoms with E-state index < -0.39 is 11.4 Å². The Morgan fingerprint density at radius 2 is 2.00 bits per heavy atom. The molecule has 1 rings (SSSR count). The first-order valence-corrected chi connectivity index (χ1v) is 5.29. The lowest BCUT2D eigenvalue weighted by atomic mass is 10.0. The Morgan fingerprint density at radius 3 is 2.53 bits per heavy atom. The summed E-state index contributed by atoms with van der Waals surface area (Å²) in [6, 6.07) is 3.68. The molecule has 0 aromatic heterocycles. The van der Waals surface area contributed by atoms with E-state index in [9.17, 15) is 15.0 Å². The third-order valence-electron chi connectivity index (χ3n) is 2.27. The Morgan fingerprint density at radius 1 is 1.41 bits per heavy atom. The van der Waals surface area contributed by atoms with Gasteiger partial charge in [0.15, 0.2) is 0 Å². The summed E-state index contributed by atoms with van der Waals surface area (Å²) < 4.78 is 0. The Balaban J connectivity index is 2.98. The Kier molecular flexibility index (Phi) is 3.57. The highest BCUT2D eigenvalue weighted by Crippen LogP contribution is 2.22. The van der Waals surface area contributed by atoms with Crippen molar-refractivity contribution in [2.75, 3.05) is 0 Å². The van der Waals surface area contributed by atoms with E-state index in [1.54, 1.807) is 13.8 Å². The summed E-state index contributed by atoms with van der Waals surface area (Å²) in [5.41, 5.74) is 4.57. The summed E-state index contributed by atoms with van der Waals surface area (Å²) in [6.45, 7) is 3.29. The van der Waals surface area contributed by atoms with Crippen LogP contribution >= 0.6 is 12.2 Å². The lowest BCUT2D eigenvalue weighted by Crippen LogP contribution is -2.52. The monoisotopic (exact) mass is 254 g/mol. The van der Waals surface area contributed by atoms with E-state index in [-0.39, 0.29) is 22.1 Å². The minimum Gasteiger partial charge on any atom is -0.508 e. The molecule has 0 radical (unpaired) electrons. The van der Waals surface area contributed by atoms with Crippen molar-refractivity contribution in [3.63, 3.8) is 0 Å². The van der Waals surface area contributed by atoms with Gasteiger partial charge >= 0.3 is 0 Å². The zero-order valence-electron chi connectivity index (χ0n) is 9.52. The fourth-order valence-corrected chi connectivity index (χ4v) is 1.17. The molecular weight excluding hydrogens is 240 g/mol. The van der Waals surface area contributed by atoms with Crippen LogP contribution in [0.15, 0.2) is 18.2 Å². The second-order valence-electron chi connectivity index (χ2n) is 4.14. The zero-order chi connectivity index (χ0) is 13.2. The van der Waals surface area contributed by atoms with E-state index in [2.05, 4.69) is 5.32 Å². The summed E-state index contributed by atoms with van der Waals surface area (Å²) in [5.74, 6) is -0.892. The van der Waals surface area contributed by atoms with Gasteiger partial charge in [0.05, 0.1) is 16.1 Å². The first-order chi connectivity index (χ1) is 7.74. The number of nitrogens with two attached hydrogens (primary N) is 1. The van der Waals surface area contributed by atoms with Crippen molar-refractivity contribution in [1.29, 1.82) is 0 Å². The largest absolute Gasteiger partial charge is 0.508 e. The predicted molar refractivity (Wildman–Crippen MR) is 68.1 cm³/mol. The van der Waals surface area contributed by atoms with Gasteiger partial charge in [-0.3, -0.25) is 4.79 Å². The van der Waals surface area contributed by atoms with Crippen LogP contribution < -0.4 is 11.1 Å². The molecule has 1 aromatic rings. The fourth-order valence-electron chi connectivity index (χ4n) is 1.12. The number of hydrogen-bond donors (Lipinski definition) is 4. The number of carbonyl (C=O) groups is 1. The molecule has 17 heavy (non-hydrogen) atoms. The molecular formula is C11H14N2O3S. The normalized spacial score (nSPS) is 10.9. The third-order valence-corrected chi connectivity index (χ3v) is 2.78. The molecule has 0 unspecified atom stereocenters. The van der Waals surface area contributed by atoms with Crippen molar-refractivity contribution in [3.05, 3.63) is 23.8 Å². The molecule has 0 aliphatic carbocycles. The quantitative estimate of drug-likeness (QED) is 0.474. The van der Waals surface area contributed by atoms with Crippen molar-refractivity contribution in [1.82, 2.24) is 5.32 Å². The number of carbonyl (C=O) groups excluding carboxylic acids is 1. The van der Waals surface area contributed by atoms with E-state index in [0.29, 0.717) is 0 Å². The first-order valence-electron chi connectivity index (χ1n) is 4.88.